The maximum atomic E-state index is 13.2. The molecule has 3 aromatic carbocycles. The molecule has 1 aliphatic heterocycles. The average Bonchev–Trinajstić information content (AvgIpc) is 3.58. The van der Waals surface area contributed by atoms with Crippen LogP contribution in [0.5, 0.6) is 0 Å². The monoisotopic (exact) mass is 457 g/mol. The summed E-state index contributed by atoms with van der Waals surface area (Å²) in [6.07, 6.45) is 5.18. The van der Waals surface area contributed by atoms with Gasteiger partial charge in [0.15, 0.2) is 5.82 Å². The highest BCUT2D eigenvalue weighted by Gasteiger charge is 2.59. The summed E-state index contributed by atoms with van der Waals surface area (Å²) in [4.78, 5) is 37.6. The van der Waals surface area contributed by atoms with Gasteiger partial charge < -0.3 is 0 Å². The van der Waals surface area contributed by atoms with Crippen molar-refractivity contribution in [3.63, 3.8) is 0 Å². The molecule has 7 rings (SSSR count). The van der Waals surface area contributed by atoms with Gasteiger partial charge in [0.2, 0.25) is 11.8 Å². The molecule has 2 bridgehead atoms. The fraction of sp³-hybridized carbons (Fsp3) is 0.200. The molecule has 2 heterocycles. The lowest BCUT2D eigenvalue weighted by Gasteiger charge is -2.18. The van der Waals surface area contributed by atoms with Gasteiger partial charge in [-0.3, -0.25) is 14.5 Å². The molecule has 5 heteroatoms. The zero-order valence-corrected chi connectivity index (χ0v) is 19.3. The number of carbonyl (C=O) groups is 2. The van der Waals surface area contributed by atoms with Crippen LogP contribution in [0.25, 0.3) is 33.5 Å². The lowest BCUT2D eigenvalue weighted by molar-refractivity contribution is -0.123. The minimum absolute atomic E-state index is 0.0564. The Morgan fingerprint density at radius 3 is 2.14 bits per heavy atom. The fourth-order valence-electron chi connectivity index (χ4n) is 6.10. The molecule has 1 saturated carbocycles. The summed E-state index contributed by atoms with van der Waals surface area (Å²) < 4.78 is 0. The van der Waals surface area contributed by atoms with E-state index >= 15 is 0 Å². The third-order valence-corrected chi connectivity index (χ3v) is 7.75. The number of imide groups is 1. The van der Waals surface area contributed by atoms with Crippen LogP contribution >= 0.6 is 0 Å². The van der Waals surface area contributed by atoms with Gasteiger partial charge in [0.1, 0.15) is 0 Å². The van der Waals surface area contributed by atoms with Crippen molar-refractivity contribution in [3.05, 3.63) is 90.5 Å². The summed E-state index contributed by atoms with van der Waals surface area (Å²) in [5, 5.41) is 0.975. The second kappa shape index (κ2) is 7.44. The Kier molecular flexibility index (Phi) is 4.31. The van der Waals surface area contributed by atoms with Crippen molar-refractivity contribution >= 4 is 28.4 Å². The Bertz CT molecular complexity index is 1510. The van der Waals surface area contributed by atoms with Gasteiger partial charge in [-0.15, -0.1) is 0 Å². The molecule has 0 N–H and O–H groups in total. The second-order valence-corrected chi connectivity index (χ2v) is 9.84. The van der Waals surface area contributed by atoms with E-state index in [0.29, 0.717) is 11.5 Å². The number of allylic oxidation sites excluding steroid dienone is 2. The number of aromatic nitrogens is 2. The third-order valence-electron chi connectivity index (χ3n) is 7.75. The van der Waals surface area contributed by atoms with Gasteiger partial charge in [0.05, 0.1) is 28.7 Å². The Balaban J connectivity index is 1.30. The van der Waals surface area contributed by atoms with E-state index in [9.17, 15) is 9.59 Å². The highest BCUT2D eigenvalue weighted by Crippen LogP contribution is 2.53. The van der Waals surface area contributed by atoms with Crippen LogP contribution in [0.3, 0.4) is 0 Å². The Morgan fingerprint density at radius 1 is 0.771 bits per heavy atom. The molecule has 2 fully saturated rings. The third kappa shape index (κ3) is 3.01. The van der Waals surface area contributed by atoms with E-state index in [1.54, 1.807) is 0 Å². The van der Waals surface area contributed by atoms with Crippen LogP contribution in [0.2, 0.25) is 0 Å². The first-order chi connectivity index (χ1) is 17.1. The first kappa shape index (κ1) is 20.3. The summed E-state index contributed by atoms with van der Waals surface area (Å²) in [5.74, 6) is 0.578. The molecule has 4 atom stereocenters. The van der Waals surface area contributed by atoms with E-state index < -0.39 is 0 Å². The van der Waals surface area contributed by atoms with Crippen molar-refractivity contribution in [1.29, 1.82) is 0 Å². The number of nitrogens with zero attached hydrogens (tertiary/aromatic N) is 3. The second-order valence-electron chi connectivity index (χ2n) is 9.84. The van der Waals surface area contributed by atoms with Crippen molar-refractivity contribution in [1.82, 2.24) is 9.97 Å². The van der Waals surface area contributed by atoms with Crippen molar-refractivity contribution in [2.75, 3.05) is 4.90 Å². The quantitative estimate of drug-likeness (QED) is 0.297. The molecule has 0 radical (unpaired) electrons. The number of aryl methyl sites for hydroxylation is 1. The number of rotatable bonds is 3. The molecule has 5 nitrogen and oxygen atoms in total. The number of anilines is 1. The van der Waals surface area contributed by atoms with Crippen LogP contribution in [-0.4, -0.2) is 21.8 Å². The van der Waals surface area contributed by atoms with Crippen LogP contribution in [0.4, 0.5) is 5.69 Å². The van der Waals surface area contributed by atoms with Gasteiger partial charge in [-0.2, -0.15) is 0 Å². The molecule has 35 heavy (non-hydrogen) atoms. The normalized spacial score (nSPS) is 24.5. The van der Waals surface area contributed by atoms with Crippen LogP contribution in [-0.2, 0) is 9.59 Å². The first-order valence-electron chi connectivity index (χ1n) is 12.1. The van der Waals surface area contributed by atoms with Crippen molar-refractivity contribution in [2.24, 2.45) is 23.7 Å². The number of fused-ring (bicyclic) bond motifs is 6. The van der Waals surface area contributed by atoms with Crippen molar-refractivity contribution in [2.45, 2.75) is 13.3 Å². The standard InChI is InChI=1S/C30H23N3O2/c1-17-7-14-24-23(15-17)27(32-28(31-24)19-5-3-2-4-6-19)18-10-12-22(13-11-18)33-29(34)25-20-8-9-21(16-20)26(25)30(33)35/h2-15,20-21,25-26H,16H2,1H3/t20-,21-,25-,26+/m1/s1. The predicted octanol–water partition coefficient (Wildman–Crippen LogP) is 5.58. The van der Waals surface area contributed by atoms with E-state index in [1.165, 1.54) is 4.90 Å². The number of hydrogen-bond donors (Lipinski definition) is 0. The van der Waals surface area contributed by atoms with Crippen LogP contribution in [0.1, 0.15) is 12.0 Å². The van der Waals surface area contributed by atoms with Gasteiger partial charge in [-0.05, 0) is 49.4 Å². The van der Waals surface area contributed by atoms with Crippen LogP contribution < -0.4 is 4.90 Å². The summed E-state index contributed by atoms with van der Waals surface area (Å²) in [5.41, 5.74) is 5.36. The maximum Gasteiger partial charge on any atom is 0.238 e. The molecule has 1 aromatic heterocycles. The highest BCUT2D eigenvalue weighted by atomic mass is 16.2. The molecule has 0 unspecified atom stereocenters. The largest absolute Gasteiger partial charge is 0.274 e. The topological polar surface area (TPSA) is 63.2 Å². The molecular weight excluding hydrogens is 434 g/mol. The minimum Gasteiger partial charge on any atom is -0.274 e. The molecule has 2 aliphatic carbocycles. The van der Waals surface area contributed by atoms with Crippen LogP contribution in [0, 0.1) is 30.6 Å². The van der Waals surface area contributed by atoms with Gasteiger partial charge in [0, 0.05) is 16.5 Å². The van der Waals surface area contributed by atoms with Crippen LogP contribution in [0.15, 0.2) is 84.9 Å². The Labute approximate surface area is 203 Å². The van der Waals surface area contributed by atoms with E-state index in [-0.39, 0.29) is 35.5 Å². The SMILES string of the molecule is Cc1ccc2nc(-c3ccccc3)nc(-c3ccc(N4C(=O)[C@@H]5[C@H](C4=O)[C@@H]4C=C[C@@H]5C4)cc3)c2c1. The zero-order chi connectivity index (χ0) is 23.7. The zero-order valence-electron chi connectivity index (χ0n) is 19.3. The van der Waals surface area contributed by atoms with E-state index in [0.717, 1.165) is 39.7 Å². The molecular formula is C30H23N3O2. The predicted molar refractivity (Wildman–Crippen MR) is 135 cm³/mol. The summed E-state index contributed by atoms with van der Waals surface area (Å²) in [6, 6.07) is 23.8. The minimum atomic E-state index is -0.195. The molecule has 0 spiro atoms. The van der Waals surface area contributed by atoms with Gasteiger partial charge in [-0.1, -0.05) is 66.2 Å². The van der Waals surface area contributed by atoms with Crippen molar-refractivity contribution in [3.8, 4) is 22.6 Å². The Hall–Kier alpha value is -4.12. The van der Waals surface area contributed by atoms with Gasteiger partial charge in [-0.25, -0.2) is 9.97 Å². The van der Waals surface area contributed by atoms with E-state index in [1.807, 2.05) is 60.7 Å². The molecule has 3 aliphatic rings. The molecule has 4 aromatic rings. The van der Waals surface area contributed by atoms with Gasteiger partial charge in [0.25, 0.3) is 0 Å². The first-order valence-corrected chi connectivity index (χ1v) is 12.1. The molecule has 170 valence electrons. The lowest BCUT2D eigenvalue weighted by atomic mass is 9.85. The van der Waals surface area contributed by atoms with E-state index in [2.05, 4.69) is 31.2 Å². The summed E-state index contributed by atoms with van der Waals surface area (Å²) >= 11 is 0. The molecule has 2 amide bonds. The number of benzene rings is 3. The maximum absolute atomic E-state index is 13.2. The smallest absolute Gasteiger partial charge is 0.238 e. The number of amides is 2. The van der Waals surface area contributed by atoms with E-state index in [4.69, 9.17) is 9.97 Å². The number of carbonyl (C=O) groups excluding carboxylic acids is 2. The summed E-state index contributed by atoms with van der Waals surface area (Å²) in [6.45, 7) is 2.06. The Morgan fingerprint density at radius 2 is 1.46 bits per heavy atom. The number of hydrogen-bond acceptors (Lipinski definition) is 4. The summed E-state index contributed by atoms with van der Waals surface area (Å²) in [7, 11) is 0. The fourth-order valence-corrected chi connectivity index (χ4v) is 6.10. The van der Waals surface area contributed by atoms with Gasteiger partial charge >= 0.3 is 0 Å². The van der Waals surface area contributed by atoms with Crippen molar-refractivity contribution < 1.29 is 9.59 Å². The average molecular weight is 458 g/mol. The lowest BCUT2D eigenvalue weighted by Crippen LogP contribution is -2.32. The molecule has 1 saturated heterocycles. The highest BCUT2D eigenvalue weighted by molar-refractivity contribution is 6.22.